The van der Waals surface area contributed by atoms with E-state index in [0.29, 0.717) is 22.7 Å². The number of rotatable bonds is 5. The molecule has 6 nitrogen and oxygen atoms in total. The summed E-state index contributed by atoms with van der Waals surface area (Å²) in [5.74, 6) is 1.36. The fraction of sp³-hybridized carbons (Fsp3) is 0.292. The zero-order valence-electron chi connectivity index (χ0n) is 17.2. The summed E-state index contributed by atoms with van der Waals surface area (Å²) in [4.78, 5) is 17.9. The van der Waals surface area contributed by atoms with Crippen molar-refractivity contribution in [2.24, 2.45) is 10.1 Å². The molecule has 2 aliphatic heterocycles. The van der Waals surface area contributed by atoms with Crippen LogP contribution < -0.4 is 20.6 Å². The van der Waals surface area contributed by atoms with Crippen molar-refractivity contribution in [3.8, 4) is 5.75 Å². The van der Waals surface area contributed by atoms with E-state index in [1.54, 1.807) is 11.1 Å². The van der Waals surface area contributed by atoms with Crippen LogP contribution in [-0.4, -0.2) is 27.9 Å². The number of hydrazone groups is 1. The largest absolute Gasteiger partial charge is 0.490 e. The smallest absolute Gasteiger partial charge is 0.276 e. The van der Waals surface area contributed by atoms with Crippen molar-refractivity contribution in [1.82, 2.24) is 10.3 Å². The number of amidine groups is 1. The van der Waals surface area contributed by atoms with Crippen molar-refractivity contribution in [3.63, 3.8) is 0 Å². The quantitative estimate of drug-likeness (QED) is 0.738. The van der Waals surface area contributed by atoms with Gasteiger partial charge in [0.15, 0.2) is 11.3 Å². The third kappa shape index (κ3) is 3.97. The van der Waals surface area contributed by atoms with Crippen LogP contribution in [0.5, 0.6) is 5.75 Å². The van der Waals surface area contributed by atoms with Gasteiger partial charge in [-0.3, -0.25) is 15.1 Å². The monoisotopic (exact) mass is 432 g/mol. The molecule has 1 amide bonds. The van der Waals surface area contributed by atoms with E-state index in [9.17, 15) is 4.79 Å². The molecule has 0 aromatic heterocycles. The number of carbonyl (C=O) groups excluding carboxylic acids is 1. The number of hydrogen-bond acceptors (Lipinski definition) is 6. The highest BCUT2D eigenvalue weighted by Crippen LogP contribution is 2.32. The van der Waals surface area contributed by atoms with Crippen molar-refractivity contribution in [2.75, 3.05) is 5.75 Å². The fourth-order valence-electron chi connectivity index (χ4n) is 4.16. The number of hydrogen-bond donors (Lipinski definition) is 1. The third-order valence-corrected chi connectivity index (χ3v) is 6.50. The Balaban J connectivity index is 1.52. The van der Waals surface area contributed by atoms with E-state index in [1.807, 2.05) is 48.5 Å². The lowest BCUT2D eigenvalue weighted by atomic mass is 10.1. The molecule has 1 aliphatic carbocycles. The Morgan fingerprint density at radius 3 is 2.71 bits per heavy atom. The van der Waals surface area contributed by atoms with Gasteiger partial charge in [-0.05, 0) is 49.4 Å². The van der Waals surface area contributed by atoms with Crippen LogP contribution in [0.15, 0.2) is 71.3 Å². The molecular weight excluding hydrogens is 408 g/mol. The second-order valence-corrected chi connectivity index (χ2v) is 8.77. The molecule has 5 rings (SSSR count). The molecule has 0 bridgehead atoms. The normalized spacial score (nSPS) is 20.3. The van der Waals surface area contributed by atoms with Crippen molar-refractivity contribution >= 4 is 28.5 Å². The SMILES string of the molecule is C=CCSC1=NN2C(=c3ccccc3=N[C@@H]2c2ccc(OC3CCCC3)cc2)C(=O)N1. The Kier molecular flexibility index (Phi) is 5.51. The van der Waals surface area contributed by atoms with E-state index in [0.717, 1.165) is 34.7 Å². The average Bonchev–Trinajstić information content (AvgIpc) is 3.30. The van der Waals surface area contributed by atoms with Gasteiger partial charge in [0.2, 0.25) is 0 Å². The topological polar surface area (TPSA) is 66.3 Å². The van der Waals surface area contributed by atoms with Crippen LogP contribution in [0, 0.1) is 0 Å². The van der Waals surface area contributed by atoms with Gasteiger partial charge in [0.25, 0.3) is 5.91 Å². The Hall–Kier alpha value is -3.06. The molecule has 1 fully saturated rings. The number of carbonyl (C=O) groups is 1. The number of ether oxygens (including phenoxy) is 1. The first-order valence-electron chi connectivity index (χ1n) is 10.6. The van der Waals surface area contributed by atoms with Crippen molar-refractivity contribution < 1.29 is 9.53 Å². The summed E-state index contributed by atoms with van der Waals surface area (Å²) >= 11 is 1.44. The van der Waals surface area contributed by atoms with E-state index in [2.05, 4.69) is 11.9 Å². The Morgan fingerprint density at radius 1 is 1.16 bits per heavy atom. The standard InChI is InChI=1S/C24H24N4O2S/c1-2-15-31-24-26-23(29)21-19-9-5-6-10-20(19)25-22(28(21)27-24)16-11-13-18(14-12-16)30-17-7-3-4-8-17/h2,5-6,9-14,17,22H,1,3-4,7-8,15H2,(H,26,27,29)/t22-/m0/s1. The van der Waals surface area contributed by atoms with Crippen LogP contribution in [-0.2, 0) is 4.79 Å². The fourth-order valence-corrected chi connectivity index (χ4v) is 4.75. The lowest BCUT2D eigenvalue weighted by molar-refractivity contribution is -0.116. The van der Waals surface area contributed by atoms with Crippen LogP contribution in [0.3, 0.4) is 0 Å². The molecule has 1 saturated carbocycles. The van der Waals surface area contributed by atoms with Gasteiger partial charge in [0, 0.05) is 11.0 Å². The molecule has 2 aromatic carbocycles. The highest BCUT2D eigenvalue weighted by Gasteiger charge is 2.34. The van der Waals surface area contributed by atoms with Gasteiger partial charge in [-0.25, -0.2) is 5.01 Å². The van der Waals surface area contributed by atoms with Gasteiger partial charge in [0.1, 0.15) is 11.4 Å². The number of amides is 1. The molecular formula is C24H24N4O2S. The van der Waals surface area contributed by atoms with Crippen LogP contribution >= 0.6 is 11.8 Å². The molecule has 158 valence electrons. The minimum absolute atomic E-state index is 0.171. The molecule has 0 saturated heterocycles. The number of benzene rings is 2. The predicted molar refractivity (Wildman–Crippen MR) is 123 cm³/mol. The second kappa shape index (κ2) is 8.59. The minimum Gasteiger partial charge on any atom is -0.490 e. The molecule has 2 heterocycles. The number of nitrogens with zero attached hydrogens (tertiary/aromatic N) is 3. The van der Waals surface area contributed by atoms with Gasteiger partial charge in [0.05, 0.1) is 11.5 Å². The summed E-state index contributed by atoms with van der Waals surface area (Å²) in [6.45, 7) is 3.74. The predicted octanol–water partition coefficient (Wildman–Crippen LogP) is 3.07. The maximum atomic E-state index is 13.0. The highest BCUT2D eigenvalue weighted by atomic mass is 32.2. The van der Waals surface area contributed by atoms with E-state index in [4.69, 9.17) is 14.8 Å². The van der Waals surface area contributed by atoms with E-state index >= 15 is 0 Å². The van der Waals surface area contributed by atoms with Crippen molar-refractivity contribution in [3.05, 3.63) is 77.3 Å². The van der Waals surface area contributed by atoms with Gasteiger partial charge in [-0.15, -0.1) is 11.7 Å². The molecule has 1 atom stereocenters. The van der Waals surface area contributed by atoms with Gasteiger partial charge >= 0.3 is 0 Å². The molecule has 0 radical (unpaired) electrons. The van der Waals surface area contributed by atoms with Crippen LogP contribution in [0.1, 0.15) is 37.4 Å². The molecule has 1 N–H and O–H groups in total. The van der Waals surface area contributed by atoms with E-state index < -0.39 is 6.17 Å². The number of thioether (sulfide) groups is 1. The first-order chi connectivity index (χ1) is 15.2. The summed E-state index contributed by atoms with van der Waals surface area (Å²) < 4.78 is 6.11. The molecule has 2 aromatic rings. The summed E-state index contributed by atoms with van der Waals surface area (Å²) in [6.07, 6.45) is 6.41. The molecule has 31 heavy (non-hydrogen) atoms. The molecule has 0 unspecified atom stereocenters. The Bertz CT molecular complexity index is 1150. The van der Waals surface area contributed by atoms with Crippen molar-refractivity contribution in [1.29, 1.82) is 0 Å². The van der Waals surface area contributed by atoms with E-state index in [-0.39, 0.29) is 5.91 Å². The molecule has 3 aliphatic rings. The lowest BCUT2D eigenvalue weighted by Crippen LogP contribution is -2.50. The first kappa shape index (κ1) is 19.9. The van der Waals surface area contributed by atoms with Crippen molar-refractivity contribution in [2.45, 2.75) is 38.0 Å². The molecule has 0 spiro atoms. The summed E-state index contributed by atoms with van der Waals surface area (Å²) in [6, 6.07) is 15.7. The van der Waals surface area contributed by atoms with Gasteiger partial charge in [-0.1, -0.05) is 48.2 Å². The zero-order chi connectivity index (χ0) is 21.2. The highest BCUT2D eigenvalue weighted by molar-refractivity contribution is 8.14. The number of nitrogens with one attached hydrogen (secondary N) is 1. The van der Waals surface area contributed by atoms with Crippen LogP contribution in [0.2, 0.25) is 0 Å². The summed E-state index contributed by atoms with van der Waals surface area (Å²) in [5.41, 5.74) is 1.47. The maximum Gasteiger partial charge on any atom is 0.276 e. The molecule has 7 heteroatoms. The van der Waals surface area contributed by atoms with Crippen LogP contribution in [0.4, 0.5) is 0 Å². The summed E-state index contributed by atoms with van der Waals surface area (Å²) in [5, 5.41) is 11.5. The Labute approximate surface area is 185 Å². The summed E-state index contributed by atoms with van der Waals surface area (Å²) in [7, 11) is 0. The zero-order valence-corrected chi connectivity index (χ0v) is 18.0. The number of fused-ring (bicyclic) bond motifs is 2. The van der Waals surface area contributed by atoms with Gasteiger partial charge in [-0.2, -0.15) is 0 Å². The third-order valence-electron chi connectivity index (χ3n) is 5.64. The average molecular weight is 433 g/mol. The minimum atomic E-state index is -0.421. The van der Waals surface area contributed by atoms with Crippen LogP contribution in [0.25, 0.3) is 5.70 Å². The maximum absolute atomic E-state index is 13.0. The lowest BCUT2D eigenvalue weighted by Gasteiger charge is -2.34. The van der Waals surface area contributed by atoms with Gasteiger partial charge < -0.3 is 4.74 Å². The number of para-hydroxylation sites is 1. The van der Waals surface area contributed by atoms with E-state index in [1.165, 1.54) is 24.6 Å². The first-order valence-corrected chi connectivity index (χ1v) is 11.6. The Morgan fingerprint density at radius 2 is 1.94 bits per heavy atom. The second-order valence-electron chi connectivity index (χ2n) is 7.77.